The van der Waals surface area contributed by atoms with Crippen molar-refractivity contribution in [3.63, 3.8) is 0 Å². The van der Waals surface area contributed by atoms with Crippen molar-refractivity contribution in [3.05, 3.63) is 64.9 Å². The Morgan fingerprint density at radius 1 is 1.12 bits per heavy atom. The number of carbonyl (C=O) groups excluding carboxylic acids is 2. The Morgan fingerprint density at radius 2 is 1.85 bits per heavy atom. The van der Waals surface area contributed by atoms with Crippen LogP contribution in [0.3, 0.4) is 0 Å². The van der Waals surface area contributed by atoms with E-state index in [1.165, 1.54) is 35.9 Å². The minimum absolute atomic E-state index is 0.0268. The number of nitrogens with zero attached hydrogens (tertiary/aromatic N) is 1. The summed E-state index contributed by atoms with van der Waals surface area (Å²) in [6.07, 6.45) is -0.0969. The fourth-order valence-electron chi connectivity index (χ4n) is 2.93. The first kappa shape index (κ1) is 17.6. The predicted molar refractivity (Wildman–Crippen MR) is 90.1 cm³/mol. The van der Waals surface area contributed by atoms with Crippen molar-refractivity contribution in [3.8, 4) is 5.75 Å². The summed E-state index contributed by atoms with van der Waals surface area (Å²) in [7, 11) is 1.25. The third-order valence-electron chi connectivity index (χ3n) is 4.24. The van der Waals surface area contributed by atoms with Crippen molar-refractivity contribution in [2.24, 2.45) is 0 Å². The fourth-order valence-corrected chi connectivity index (χ4v) is 2.93. The molecule has 1 heterocycles. The lowest BCUT2D eigenvalue weighted by molar-refractivity contribution is -0.139. The number of benzene rings is 2. The molecule has 26 heavy (non-hydrogen) atoms. The second-order valence-electron chi connectivity index (χ2n) is 5.79. The summed E-state index contributed by atoms with van der Waals surface area (Å²) >= 11 is 0. The lowest BCUT2D eigenvalue weighted by Crippen LogP contribution is -2.15. The molecule has 3 aromatic rings. The highest BCUT2D eigenvalue weighted by molar-refractivity contribution is 6.04. The van der Waals surface area contributed by atoms with Gasteiger partial charge in [0.15, 0.2) is 11.6 Å². The number of hydrogen-bond donors (Lipinski definition) is 1. The van der Waals surface area contributed by atoms with Crippen molar-refractivity contribution in [2.75, 3.05) is 7.11 Å². The molecule has 0 aliphatic heterocycles. The average Bonchev–Trinajstić information content (AvgIpc) is 2.88. The Bertz CT molecular complexity index is 1040. The first-order valence-electron chi connectivity index (χ1n) is 7.73. The minimum Gasteiger partial charge on any atom is -0.508 e. The molecule has 0 saturated carbocycles. The summed E-state index contributed by atoms with van der Waals surface area (Å²) in [6, 6.07) is 7.26. The van der Waals surface area contributed by atoms with Crippen molar-refractivity contribution < 1.29 is 28.2 Å². The largest absolute Gasteiger partial charge is 0.508 e. The van der Waals surface area contributed by atoms with Gasteiger partial charge in [0.1, 0.15) is 5.75 Å². The predicted octanol–water partition coefficient (Wildman–Crippen LogP) is 3.34. The summed E-state index contributed by atoms with van der Waals surface area (Å²) in [5.41, 5.74) is 1.36. The Kier molecular flexibility index (Phi) is 4.46. The molecule has 0 fully saturated rings. The van der Waals surface area contributed by atoms with Crippen LogP contribution in [0.15, 0.2) is 36.4 Å². The monoisotopic (exact) mass is 359 g/mol. The van der Waals surface area contributed by atoms with E-state index in [0.717, 1.165) is 12.1 Å². The summed E-state index contributed by atoms with van der Waals surface area (Å²) in [5, 5.41) is 10.3. The summed E-state index contributed by atoms with van der Waals surface area (Å²) < 4.78 is 32.7. The van der Waals surface area contributed by atoms with Gasteiger partial charge in [0.05, 0.1) is 19.0 Å². The zero-order valence-electron chi connectivity index (χ0n) is 14.0. The maximum absolute atomic E-state index is 13.5. The number of phenolic OH excluding ortho intramolecular Hbond substituents is 1. The van der Waals surface area contributed by atoms with E-state index in [1.54, 1.807) is 6.92 Å². The van der Waals surface area contributed by atoms with Gasteiger partial charge in [-0.05, 0) is 48.9 Å². The number of methoxy groups -OCH3 is 1. The van der Waals surface area contributed by atoms with E-state index >= 15 is 0 Å². The number of halogens is 2. The molecule has 2 aromatic carbocycles. The summed E-state index contributed by atoms with van der Waals surface area (Å²) in [5.74, 6) is -3.28. The molecular weight excluding hydrogens is 344 g/mol. The van der Waals surface area contributed by atoms with Crippen LogP contribution in [0.1, 0.15) is 21.6 Å². The fraction of sp³-hybridized carbons (Fsp3) is 0.158. The van der Waals surface area contributed by atoms with Crippen molar-refractivity contribution in [1.29, 1.82) is 0 Å². The number of ether oxygens (including phenoxy) is 1. The topological polar surface area (TPSA) is 68.5 Å². The third-order valence-corrected chi connectivity index (χ3v) is 4.24. The number of hydrogen-bond acceptors (Lipinski definition) is 4. The molecule has 0 aliphatic rings. The summed E-state index contributed by atoms with van der Waals surface area (Å²) in [4.78, 5) is 24.6. The van der Waals surface area contributed by atoms with Crippen LogP contribution in [0.2, 0.25) is 0 Å². The van der Waals surface area contributed by atoms with Gasteiger partial charge in [0.25, 0.3) is 5.91 Å². The highest BCUT2D eigenvalue weighted by Gasteiger charge is 2.22. The van der Waals surface area contributed by atoms with E-state index < -0.39 is 23.5 Å². The van der Waals surface area contributed by atoms with Gasteiger partial charge in [0, 0.05) is 16.6 Å². The number of fused-ring (bicyclic) bond motifs is 1. The molecular formula is C19H15F2NO4. The van der Waals surface area contributed by atoms with Gasteiger partial charge >= 0.3 is 5.97 Å². The molecule has 0 aliphatic carbocycles. The second-order valence-corrected chi connectivity index (χ2v) is 5.79. The van der Waals surface area contributed by atoms with Crippen LogP contribution in [0.5, 0.6) is 5.75 Å². The van der Waals surface area contributed by atoms with Gasteiger partial charge < -0.3 is 9.84 Å². The van der Waals surface area contributed by atoms with E-state index in [-0.39, 0.29) is 17.7 Å². The van der Waals surface area contributed by atoms with Crippen molar-refractivity contribution in [2.45, 2.75) is 13.3 Å². The van der Waals surface area contributed by atoms with Gasteiger partial charge in [0.2, 0.25) is 0 Å². The highest BCUT2D eigenvalue weighted by Crippen LogP contribution is 2.30. The molecule has 7 heteroatoms. The minimum atomic E-state index is -1.13. The van der Waals surface area contributed by atoms with Crippen LogP contribution in [-0.4, -0.2) is 28.7 Å². The van der Waals surface area contributed by atoms with E-state index in [1.807, 2.05) is 0 Å². The lowest BCUT2D eigenvalue weighted by Gasteiger charge is -2.08. The van der Waals surface area contributed by atoms with Gasteiger partial charge in [-0.15, -0.1) is 0 Å². The van der Waals surface area contributed by atoms with E-state index in [4.69, 9.17) is 0 Å². The van der Waals surface area contributed by atoms with Gasteiger partial charge in [-0.1, -0.05) is 0 Å². The first-order valence-corrected chi connectivity index (χ1v) is 7.73. The lowest BCUT2D eigenvalue weighted by atomic mass is 10.1. The number of phenols is 1. The van der Waals surface area contributed by atoms with Gasteiger partial charge in [-0.25, -0.2) is 8.78 Å². The maximum Gasteiger partial charge on any atom is 0.310 e. The van der Waals surface area contributed by atoms with Crippen LogP contribution in [0, 0.1) is 18.6 Å². The molecule has 0 atom stereocenters. The van der Waals surface area contributed by atoms with Crippen LogP contribution >= 0.6 is 0 Å². The molecule has 0 bridgehead atoms. The van der Waals surface area contributed by atoms with Crippen molar-refractivity contribution >= 4 is 22.8 Å². The molecule has 0 spiro atoms. The molecule has 5 nitrogen and oxygen atoms in total. The van der Waals surface area contributed by atoms with E-state index in [0.29, 0.717) is 22.2 Å². The maximum atomic E-state index is 13.5. The van der Waals surface area contributed by atoms with Crippen molar-refractivity contribution in [1.82, 2.24) is 4.57 Å². The zero-order chi connectivity index (χ0) is 19.0. The van der Waals surface area contributed by atoms with Crippen LogP contribution in [0.25, 0.3) is 10.9 Å². The van der Waals surface area contributed by atoms with Crippen LogP contribution < -0.4 is 0 Å². The summed E-state index contributed by atoms with van der Waals surface area (Å²) in [6.45, 7) is 1.63. The number of rotatable bonds is 3. The van der Waals surface area contributed by atoms with Crippen LogP contribution in [0.4, 0.5) is 8.78 Å². The van der Waals surface area contributed by atoms with E-state index in [2.05, 4.69) is 4.74 Å². The average molecular weight is 359 g/mol. The molecule has 0 radical (unpaired) electrons. The molecule has 0 amide bonds. The Hall–Kier alpha value is -3.22. The van der Waals surface area contributed by atoms with Gasteiger partial charge in [-0.3, -0.25) is 14.2 Å². The standard InChI is InChI=1S/C19H15F2NO4/c1-10-13(9-18(24)26-2)14-8-12(23)4-6-17(14)22(10)19(25)11-3-5-15(20)16(21)7-11/h3-8,23H,9H2,1-2H3. The quantitative estimate of drug-likeness (QED) is 0.729. The number of aromatic nitrogens is 1. The molecule has 0 saturated heterocycles. The Morgan fingerprint density at radius 3 is 2.50 bits per heavy atom. The first-order chi connectivity index (χ1) is 12.3. The Labute approximate surface area is 147 Å². The number of esters is 1. The SMILES string of the molecule is COC(=O)Cc1c(C)n(C(=O)c2ccc(F)c(F)c2)c2ccc(O)cc12. The zero-order valence-corrected chi connectivity index (χ0v) is 14.0. The second kappa shape index (κ2) is 6.59. The third kappa shape index (κ3) is 2.92. The number of carbonyl (C=O) groups is 2. The molecule has 1 N–H and O–H groups in total. The molecule has 3 rings (SSSR count). The molecule has 0 unspecified atom stereocenters. The normalized spacial score (nSPS) is 10.9. The van der Waals surface area contributed by atoms with E-state index in [9.17, 15) is 23.5 Å². The van der Waals surface area contributed by atoms with Crippen LogP contribution in [-0.2, 0) is 16.0 Å². The highest BCUT2D eigenvalue weighted by atomic mass is 19.2. The van der Waals surface area contributed by atoms with Gasteiger partial charge in [-0.2, -0.15) is 0 Å². The smallest absolute Gasteiger partial charge is 0.310 e. The molecule has 134 valence electrons. The Balaban J connectivity index is 2.22. The number of aromatic hydroxyl groups is 1. The molecule has 1 aromatic heterocycles.